The van der Waals surface area contributed by atoms with Gasteiger partial charge in [-0.05, 0) is 95.1 Å². The van der Waals surface area contributed by atoms with Crippen LogP contribution in [-0.2, 0) is 10.8 Å². The Morgan fingerprint density at radius 1 is 0.642 bits per heavy atom. The number of para-hydroxylation sites is 1. The number of thiophene rings is 2. The molecule has 0 radical (unpaired) electrons. The molecule has 9 aromatic rings. The van der Waals surface area contributed by atoms with E-state index in [4.69, 9.17) is 0 Å². The molecule has 1 aliphatic carbocycles. The van der Waals surface area contributed by atoms with Gasteiger partial charge in [-0.2, -0.15) is 0 Å². The first kappa shape index (κ1) is 31.7. The minimum absolute atomic E-state index is 0.108. The number of hydrogen-bond donors (Lipinski definition) is 1. The maximum atomic E-state index is 3.93. The fourth-order valence-corrected chi connectivity index (χ4v) is 12.2. The summed E-state index contributed by atoms with van der Waals surface area (Å²) in [5.74, 6) is 0. The molecule has 0 bridgehead atoms. The van der Waals surface area contributed by atoms with Crippen LogP contribution in [0.3, 0.4) is 0 Å². The number of aromatic nitrogens is 1. The van der Waals surface area contributed by atoms with Crippen LogP contribution in [0.4, 0.5) is 17.1 Å². The summed E-state index contributed by atoms with van der Waals surface area (Å²) in [6, 6.07) is 39.5. The van der Waals surface area contributed by atoms with Crippen molar-refractivity contribution in [2.45, 2.75) is 65.2 Å². The van der Waals surface area contributed by atoms with Gasteiger partial charge in [0.05, 0.1) is 15.9 Å². The van der Waals surface area contributed by atoms with Crippen LogP contribution < -0.4 is 15.8 Å². The molecule has 2 nitrogen and oxygen atoms in total. The first-order valence-electron chi connectivity index (χ1n) is 19.0. The Hall–Kier alpha value is -4.84. The average molecular weight is 721 g/mol. The fraction of sp³-hybridized carbons (Fsp3) is 0.208. The van der Waals surface area contributed by atoms with E-state index in [0.717, 1.165) is 7.28 Å². The summed E-state index contributed by atoms with van der Waals surface area (Å²) in [6.07, 6.45) is 2.41. The first-order chi connectivity index (χ1) is 25.6. The number of H-pyrrole nitrogens is 1. The number of anilines is 3. The maximum absolute atomic E-state index is 3.93. The number of rotatable bonds is 2. The quantitative estimate of drug-likeness (QED) is 0.176. The van der Waals surface area contributed by atoms with Crippen LogP contribution >= 0.6 is 22.7 Å². The van der Waals surface area contributed by atoms with E-state index in [9.17, 15) is 0 Å². The molecule has 0 saturated heterocycles. The van der Waals surface area contributed by atoms with Gasteiger partial charge in [0.1, 0.15) is 4.83 Å². The predicted octanol–water partition coefficient (Wildman–Crippen LogP) is 12.7. The molecule has 2 aliphatic rings. The second kappa shape index (κ2) is 10.9. The van der Waals surface area contributed by atoms with Crippen molar-refractivity contribution in [3.05, 3.63) is 125 Å². The van der Waals surface area contributed by atoms with E-state index >= 15 is 0 Å². The molecule has 0 spiro atoms. The number of aryl methyl sites for hydroxylation is 2. The van der Waals surface area contributed by atoms with Gasteiger partial charge in [0.15, 0.2) is 7.28 Å². The van der Waals surface area contributed by atoms with E-state index in [1.165, 1.54) is 126 Å². The Bertz CT molecular complexity index is 3030. The summed E-state index contributed by atoms with van der Waals surface area (Å²) in [4.78, 5) is 7.86. The summed E-state index contributed by atoms with van der Waals surface area (Å²) >= 11 is 3.81. The van der Waals surface area contributed by atoms with E-state index in [1.807, 2.05) is 22.7 Å². The number of aromatic amines is 1. The van der Waals surface area contributed by atoms with Gasteiger partial charge < -0.3 is 9.88 Å². The lowest BCUT2D eigenvalue weighted by atomic mass is 9.57. The van der Waals surface area contributed by atoms with Crippen molar-refractivity contribution >= 4 is 109 Å². The molecule has 11 rings (SSSR count). The van der Waals surface area contributed by atoms with Crippen molar-refractivity contribution in [2.24, 2.45) is 0 Å². The average Bonchev–Trinajstić information content (AvgIpc) is 3.82. The molecule has 0 saturated carbocycles. The minimum Gasteiger partial charge on any atom is -0.346 e. The Morgan fingerprint density at radius 2 is 1.34 bits per heavy atom. The SMILES string of the molecule is Cc1cc(-c2cccc3c2[nH]c2sc4ccccc4c23)c2c(c1)N(c1cc3c(cc1C)C(C)(C)CCC3(C)C)c1c(ccc3c1sc1ccccc13)B2. The molecular weight excluding hydrogens is 679 g/mol. The highest BCUT2D eigenvalue weighted by molar-refractivity contribution is 7.26. The van der Waals surface area contributed by atoms with Crippen molar-refractivity contribution in [3.63, 3.8) is 0 Å². The van der Waals surface area contributed by atoms with E-state index < -0.39 is 0 Å². The second-order valence-electron chi connectivity index (χ2n) is 17.0. The number of nitrogens with one attached hydrogen (secondary N) is 1. The summed E-state index contributed by atoms with van der Waals surface area (Å²) in [5.41, 5.74) is 16.5. The smallest absolute Gasteiger partial charge is 0.198 e. The van der Waals surface area contributed by atoms with Crippen LogP contribution in [0.25, 0.3) is 62.5 Å². The Kier molecular flexibility index (Phi) is 6.50. The Labute approximate surface area is 319 Å². The third kappa shape index (κ3) is 4.44. The van der Waals surface area contributed by atoms with Crippen LogP contribution in [-0.4, -0.2) is 12.3 Å². The van der Waals surface area contributed by atoms with Gasteiger partial charge in [-0.1, -0.05) is 112 Å². The van der Waals surface area contributed by atoms with Crippen molar-refractivity contribution in [1.29, 1.82) is 0 Å². The highest BCUT2D eigenvalue weighted by atomic mass is 32.1. The number of nitrogens with zero attached hydrogens (tertiary/aromatic N) is 1. The Morgan fingerprint density at radius 3 is 2.13 bits per heavy atom. The standard InChI is InChI=1S/C48H41BN2S2/c1-26-22-33(29-14-11-15-32-41-31-13-8-10-17-40(31)53-46(41)50-43(29)32)42-38(23-26)51(37-25-35-34(24-27(37)2)47(3,4)20-21-48(35,5)6)44-36(49-42)19-18-30-28-12-7-9-16-39(28)52-45(30)44/h7-19,22-25,49-50H,20-21H2,1-6H3. The van der Waals surface area contributed by atoms with Crippen molar-refractivity contribution in [3.8, 4) is 11.1 Å². The maximum Gasteiger partial charge on any atom is 0.198 e. The largest absolute Gasteiger partial charge is 0.346 e. The van der Waals surface area contributed by atoms with Gasteiger partial charge in [-0.15, -0.1) is 22.7 Å². The molecule has 6 aromatic carbocycles. The molecule has 0 atom stereocenters. The molecule has 0 amide bonds. The summed E-state index contributed by atoms with van der Waals surface area (Å²) in [7, 11) is 0.887. The number of fused-ring (bicyclic) bond motifs is 12. The first-order valence-corrected chi connectivity index (χ1v) is 20.7. The van der Waals surface area contributed by atoms with Gasteiger partial charge in [0.2, 0.25) is 0 Å². The Balaban J connectivity index is 1.22. The summed E-state index contributed by atoms with van der Waals surface area (Å²) < 4.78 is 4.07. The minimum atomic E-state index is 0.108. The van der Waals surface area contributed by atoms with Crippen molar-refractivity contribution < 1.29 is 0 Å². The van der Waals surface area contributed by atoms with Crippen LogP contribution in [0, 0.1) is 13.8 Å². The molecule has 0 unspecified atom stereocenters. The zero-order valence-corrected chi connectivity index (χ0v) is 32.8. The zero-order chi connectivity index (χ0) is 36.0. The zero-order valence-electron chi connectivity index (χ0n) is 31.2. The van der Waals surface area contributed by atoms with Crippen LogP contribution in [0.15, 0.2) is 103 Å². The lowest BCUT2D eigenvalue weighted by Crippen LogP contribution is -2.41. The van der Waals surface area contributed by atoms with Crippen molar-refractivity contribution in [2.75, 3.05) is 4.90 Å². The molecule has 1 N–H and O–H groups in total. The van der Waals surface area contributed by atoms with Gasteiger partial charge >= 0.3 is 0 Å². The van der Waals surface area contributed by atoms with Gasteiger partial charge in [0.25, 0.3) is 0 Å². The molecule has 0 fully saturated rings. The normalized spacial score (nSPS) is 16.0. The third-order valence-corrected chi connectivity index (χ3v) is 15.0. The molecule has 258 valence electrons. The van der Waals surface area contributed by atoms with E-state index in [1.54, 1.807) is 0 Å². The van der Waals surface area contributed by atoms with Gasteiger partial charge in [-0.3, -0.25) is 0 Å². The topological polar surface area (TPSA) is 19.0 Å². The number of benzene rings is 6. The molecule has 1 aliphatic heterocycles. The van der Waals surface area contributed by atoms with E-state index in [-0.39, 0.29) is 10.8 Å². The molecule has 3 aromatic heterocycles. The van der Waals surface area contributed by atoms with E-state index in [2.05, 4.69) is 155 Å². The predicted molar refractivity (Wildman–Crippen MR) is 235 cm³/mol. The molecule has 53 heavy (non-hydrogen) atoms. The van der Waals surface area contributed by atoms with E-state index in [0.29, 0.717) is 0 Å². The van der Waals surface area contributed by atoms with Gasteiger partial charge in [-0.25, -0.2) is 0 Å². The fourth-order valence-electron chi connectivity index (χ4n) is 9.77. The summed E-state index contributed by atoms with van der Waals surface area (Å²) in [6.45, 7) is 14.4. The monoisotopic (exact) mass is 720 g/mol. The van der Waals surface area contributed by atoms with Crippen LogP contribution in [0.1, 0.15) is 62.8 Å². The van der Waals surface area contributed by atoms with Crippen molar-refractivity contribution in [1.82, 2.24) is 4.98 Å². The van der Waals surface area contributed by atoms with Crippen LogP contribution in [0.5, 0.6) is 0 Å². The summed E-state index contributed by atoms with van der Waals surface area (Å²) in [5, 5.41) is 6.69. The highest BCUT2D eigenvalue weighted by Gasteiger charge is 2.39. The molecule has 5 heteroatoms. The van der Waals surface area contributed by atoms with Gasteiger partial charge in [0, 0.05) is 53.3 Å². The molecular formula is C48H41BN2S2. The third-order valence-electron chi connectivity index (χ3n) is 12.7. The lowest BCUT2D eigenvalue weighted by Gasteiger charge is -2.44. The second-order valence-corrected chi connectivity index (χ2v) is 19.1. The highest BCUT2D eigenvalue weighted by Crippen LogP contribution is 2.52. The number of hydrogen-bond acceptors (Lipinski definition) is 3. The molecule has 4 heterocycles. The lowest BCUT2D eigenvalue weighted by molar-refractivity contribution is 0.332. The van der Waals surface area contributed by atoms with Crippen LogP contribution in [0.2, 0.25) is 0 Å².